The number of hydrogen-bond acceptors (Lipinski definition) is 5. The number of carbonyl (C=O) groups excluding carboxylic acids is 1. The average molecular weight is 437 g/mol. The van der Waals surface area contributed by atoms with Gasteiger partial charge in [0.25, 0.3) is 5.91 Å². The van der Waals surface area contributed by atoms with Gasteiger partial charge in [-0.25, -0.2) is 9.37 Å². The highest BCUT2D eigenvalue weighted by molar-refractivity contribution is 5.94. The Balaban J connectivity index is 1.53. The highest BCUT2D eigenvalue weighted by atomic mass is 19.1. The number of likely N-dealkylation sites (N-methyl/N-ethyl adjacent to an activating group) is 1. The van der Waals surface area contributed by atoms with Crippen molar-refractivity contribution < 1.29 is 13.6 Å². The quantitative estimate of drug-likeness (QED) is 0.620. The van der Waals surface area contributed by atoms with Crippen molar-refractivity contribution in [2.24, 2.45) is 0 Å². The van der Waals surface area contributed by atoms with E-state index in [1.807, 2.05) is 43.3 Å². The topological polar surface area (TPSA) is 61.6 Å². The molecule has 0 radical (unpaired) electrons. The average Bonchev–Trinajstić information content (AvgIpc) is 3.21. The van der Waals surface area contributed by atoms with E-state index in [0.29, 0.717) is 11.7 Å². The summed E-state index contributed by atoms with van der Waals surface area (Å²) in [6, 6.07) is 13.9. The molecule has 2 aromatic carbocycles. The number of nitrogens with one attached hydrogen (secondary N) is 1. The Morgan fingerprint density at radius 1 is 1.16 bits per heavy atom. The Labute approximate surface area is 188 Å². The van der Waals surface area contributed by atoms with Crippen LogP contribution in [0, 0.1) is 12.7 Å². The molecule has 1 aliphatic heterocycles. The predicted molar refractivity (Wildman–Crippen MR) is 123 cm³/mol. The predicted octanol–water partition coefficient (Wildman–Crippen LogP) is 4.42. The third kappa shape index (κ3) is 4.67. The molecule has 0 saturated carbocycles. The minimum absolute atomic E-state index is 0.241. The van der Waals surface area contributed by atoms with Crippen LogP contribution in [0.3, 0.4) is 0 Å². The SMILES string of the molecule is CCN1CCN(c2ccc(F)cc2C(C)NC(=O)c2nc(-c3ccccc3)oc2C)CC1. The summed E-state index contributed by atoms with van der Waals surface area (Å²) < 4.78 is 19.9. The van der Waals surface area contributed by atoms with Gasteiger partial charge in [-0.15, -0.1) is 0 Å². The number of aryl methyl sites for hydroxylation is 1. The van der Waals surface area contributed by atoms with Crippen LogP contribution in [-0.2, 0) is 0 Å². The van der Waals surface area contributed by atoms with Gasteiger partial charge >= 0.3 is 0 Å². The molecule has 32 heavy (non-hydrogen) atoms. The van der Waals surface area contributed by atoms with Gasteiger partial charge < -0.3 is 19.5 Å². The zero-order valence-corrected chi connectivity index (χ0v) is 18.8. The molecule has 1 saturated heterocycles. The monoisotopic (exact) mass is 436 g/mol. The number of aromatic nitrogens is 1. The van der Waals surface area contributed by atoms with Crippen LogP contribution in [0.2, 0.25) is 0 Å². The van der Waals surface area contributed by atoms with E-state index in [1.165, 1.54) is 12.1 Å². The highest BCUT2D eigenvalue weighted by Crippen LogP contribution is 2.29. The summed E-state index contributed by atoms with van der Waals surface area (Å²) in [5, 5.41) is 2.98. The summed E-state index contributed by atoms with van der Waals surface area (Å²) in [6.07, 6.45) is 0. The number of carbonyl (C=O) groups is 1. The number of piperazine rings is 1. The van der Waals surface area contributed by atoms with Gasteiger partial charge in [-0.2, -0.15) is 0 Å². The van der Waals surface area contributed by atoms with Crippen LogP contribution in [0.15, 0.2) is 52.9 Å². The number of amides is 1. The first-order valence-corrected chi connectivity index (χ1v) is 11.1. The molecular weight excluding hydrogens is 407 g/mol. The molecule has 1 atom stereocenters. The molecule has 1 fully saturated rings. The van der Waals surface area contributed by atoms with Crippen LogP contribution in [-0.4, -0.2) is 48.5 Å². The van der Waals surface area contributed by atoms with Crippen LogP contribution in [0.25, 0.3) is 11.5 Å². The highest BCUT2D eigenvalue weighted by Gasteiger charge is 2.24. The van der Waals surface area contributed by atoms with Crippen molar-refractivity contribution in [1.29, 1.82) is 0 Å². The lowest BCUT2D eigenvalue weighted by molar-refractivity contribution is 0.0934. The smallest absolute Gasteiger partial charge is 0.274 e. The second-order valence-corrected chi connectivity index (χ2v) is 8.11. The third-order valence-corrected chi connectivity index (χ3v) is 6.00. The number of anilines is 1. The van der Waals surface area contributed by atoms with E-state index in [-0.39, 0.29) is 17.4 Å². The fourth-order valence-corrected chi connectivity index (χ4v) is 4.12. The number of benzene rings is 2. The Hall–Kier alpha value is -3.19. The van der Waals surface area contributed by atoms with Gasteiger partial charge in [0.15, 0.2) is 5.69 Å². The summed E-state index contributed by atoms with van der Waals surface area (Å²) in [7, 11) is 0. The van der Waals surface area contributed by atoms with Crippen LogP contribution in [0.5, 0.6) is 0 Å². The van der Waals surface area contributed by atoms with Crippen LogP contribution >= 0.6 is 0 Å². The van der Waals surface area contributed by atoms with Crippen molar-refractivity contribution in [2.75, 3.05) is 37.6 Å². The molecule has 7 heteroatoms. The number of rotatable bonds is 6. The molecule has 3 aromatic rings. The molecule has 1 aromatic heterocycles. The number of nitrogens with zero attached hydrogens (tertiary/aromatic N) is 3. The largest absolute Gasteiger partial charge is 0.441 e. The maximum absolute atomic E-state index is 14.1. The van der Waals surface area contributed by atoms with Crippen LogP contribution in [0.1, 0.15) is 41.7 Å². The molecule has 1 aliphatic rings. The fraction of sp³-hybridized carbons (Fsp3) is 0.360. The van der Waals surface area contributed by atoms with E-state index in [2.05, 4.69) is 27.0 Å². The summed E-state index contributed by atoms with van der Waals surface area (Å²) in [4.78, 5) is 22.1. The van der Waals surface area contributed by atoms with E-state index in [9.17, 15) is 9.18 Å². The zero-order chi connectivity index (χ0) is 22.7. The van der Waals surface area contributed by atoms with E-state index in [1.54, 1.807) is 6.92 Å². The van der Waals surface area contributed by atoms with Crippen molar-refractivity contribution >= 4 is 11.6 Å². The van der Waals surface area contributed by atoms with Crippen molar-refractivity contribution in [1.82, 2.24) is 15.2 Å². The van der Waals surface area contributed by atoms with Gasteiger partial charge in [-0.3, -0.25) is 4.79 Å². The molecule has 1 unspecified atom stereocenters. The minimum Gasteiger partial charge on any atom is -0.441 e. The lowest BCUT2D eigenvalue weighted by Crippen LogP contribution is -2.46. The van der Waals surface area contributed by atoms with Crippen molar-refractivity contribution in [2.45, 2.75) is 26.8 Å². The van der Waals surface area contributed by atoms with E-state index in [4.69, 9.17) is 4.42 Å². The number of oxazole rings is 1. The lowest BCUT2D eigenvalue weighted by Gasteiger charge is -2.37. The standard InChI is InChI=1S/C25H29FN4O2/c1-4-29-12-14-30(15-13-29)22-11-10-20(26)16-21(22)17(2)27-24(31)23-18(3)32-25(28-23)19-8-6-5-7-9-19/h5-11,16-17H,4,12-15H2,1-3H3,(H,27,31). The molecule has 0 spiro atoms. The summed E-state index contributed by atoms with van der Waals surface area (Å²) in [5.41, 5.74) is 2.76. The van der Waals surface area contributed by atoms with Gasteiger partial charge in [-0.1, -0.05) is 25.1 Å². The maximum Gasteiger partial charge on any atom is 0.274 e. The summed E-state index contributed by atoms with van der Waals surface area (Å²) in [5.74, 6) is 0.192. The first-order valence-electron chi connectivity index (χ1n) is 11.1. The normalized spacial score (nSPS) is 15.6. The van der Waals surface area contributed by atoms with Gasteiger partial charge in [-0.05, 0) is 50.7 Å². The summed E-state index contributed by atoms with van der Waals surface area (Å²) in [6.45, 7) is 10.4. The molecule has 168 valence electrons. The Kier molecular flexibility index (Phi) is 6.55. The number of hydrogen-bond donors (Lipinski definition) is 1. The van der Waals surface area contributed by atoms with Crippen molar-refractivity contribution in [3.05, 3.63) is 71.4 Å². The minimum atomic E-state index is -0.395. The zero-order valence-electron chi connectivity index (χ0n) is 18.8. The molecule has 1 N–H and O–H groups in total. The fourth-order valence-electron chi connectivity index (χ4n) is 4.12. The van der Waals surface area contributed by atoms with E-state index in [0.717, 1.165) is 49.5 Å². The molecule has 0 aliphatic carbocycles. The Morgan fingerprint density at radius 2 is 1.88 bits per heavy atom. The first kappa shape index (κ1) is 22.0. The van der Waals surface area contributed by atoms with Crippen molar-refractivity contribution in [3.8, 4) is 11.5 Å². The third-order valence-electron chi connectivity index (χ3n) is 6.00. The Bertz CT molecular complexity index is 1070. The van der Waals surface area contributed by atoms with Gasteiger partial charge in [0.05, 0.1) is 6.04 Å². The van der Waals surface area contributed by atoms with Gasteiger partial charge in [0, 0.05) is 43.0 Å². The van der Waals surface area contributed by atoms with E-state index < -0.39 is 6.04 Å². The first-order chi connectivity index (χ1) is 15.5. The van der Waals surface area contributed by atoms with E-state index >= 15 is 0 Å². The van der Waals surface area contributed by atoms with Crippen LogP contribution in [0.4, 0.5) is 10.1 Å². The second kappa shape index (κ2) is 9.53. The van der Waals surface area contributed by atoms with Crippen molar-refractivity contribution in [3.63, 3.8) is 0 Å². The number of halogens is 1. The Morgan fingerprint density at radius 3 is 2.56 bits per heavy atom. The molecule has 0 bridgehead atoms. The molecule has 6 nitrogen and oxygen atoms in total. The second-order valence-electron chi connectivity index (χ2n) is 8.11. The lowest BCUT2D eigenvalue weighted by atomic mass is 10.0. The van der Waals surface area contributed by atoms with Crippen LogP contribution < -0.4 is 10.2 Å². The summed E-state index contributed by atoms with van der Waals surface area (Å²) >= 11 is 0. The molecular formula is C25H29FN4O2. The van der Waals surface area contributed by atoms with Gasteiger partial charge in [0.2, 0.25) is 5.89 Å². The molecule has 2 heterocycles. The molecule has 4 rings (SSSR count). The molecule has 1 amide bonds. The maximum atomic E-state index is 14.1. The van der Waals surface area contributed by atoms with Gasteiger partial charge in [0.1, 0.15) is 11.6 Å².